The minimum Gasteiger partial charge on any atom is -0.391 e. The Hall–Kier alpha value is -1.60. The monoisotopic (exact) mass is 203 g/mol. The van der Waals surface area contributed by atoms with Gasteiger partial charge in [0.05, 0.1) is 11.8 Å². The number of nitrogens with zero attached hydrogens (tertiary/aromatic N) is 2. The number of hydrogen-bond acceptors (Lipinski definition) is 4. The highest BCUT2D eigenvalue weighted by molar-refractivity contribution is 5.53. The molecule has 0 saturated heterocycles. The molecule has 4 nitrogen and oxygen atoms in total. The fourth-order valence-corrected chi connectivity index (χ4v) is 1.50. The van der Waals surface area contributed by atoms with E-state index in [1.54, 1.807) is 18.3 Å². The van der Waals surface area contributed by atoms with Gasteiger partial charge in [-0.05, 0) is 30.9 Å². The van der Waals surface area contributed by atoms with Crippen LogP contribution in [0.15, 0.2) is 18.3 Å². The molecule has 15 heavy (non-hydrogen) atoms. The minimum absolute atomic E-state index is 0.309. The number of pyridine rings is 1. The van der Waals surface area contributed by atoms with E-state index in [2.05, 4.69) is 10.3 Å². The van der Waals surface area contributed by atoms with Crippen molar-refractivity contribution in [2.24, 2.45) is 5.92 Å². The molecule has 0 amide bonds. The van der Waals surface area contributed by atoms with Gasteiger partial charge in [0, 0.05) is 12.7 Å². The van der Waals surface area contributed by atoms with Gasteiger partial charge in [-0.25, -0.2) is 4.98 Å². The zero-order valence-electron chi connectivity index (χ0n) is 8.35. The summed E-state index contributed by atoms with van der Waals surface area (Å²) in [7, 11) is 0. The van der Waals surface area contributed by atoms with Crippen molar-refractivity contribution in [2.45, 2.75) is 18.9 Å². The number of hydrogen-bond donors (Lipinski definition) is 2. The first kappa shape index (κ1) is 9.94. The number of aliphatic hydroxyl groups excluding tert-OH is 1. The molecule has 0 radical (unpaired) electrons. The molecule has 1 aromatic heterocycles. The maximum absolute atomic E-state index is 9.65. The Balaban J connectivity index is 1.95. The summed E-state index contributed by atoms with van der Waals surface area (Å²) in [5.74, 6) is 0.444. The van der Waals surface area contributed by atoms with E-state index in [-0.39, 0.29) is 6.10 Å². The first-order valence-electron chi connectivity index (χ1n) is 5.08. The van der Waals surface area contributed by atoms with Crippen LogP contribution in [-0.4, -0.2) is 22.7 Å². The molecule has 0 aromatic carbocycles. The Morgan fingerprint density at radius 1 is 1.67 bits per heavy atom. The zero-order valence-corrected chi connectivity index (χ0v) is 8.35. The highest BCUT2D eigenvalue weighted by Crippen LogP contribution is 2.32. The van der Waals surface area contributed by atoms with E-state index < -0.39 is 0 Å². The van der Waals surface area contributed by atoms with E-state index >= 15 is 0 Å². The van der Waals surface area contributed by atoms with Crippen molar-refractivity contribution in [3.8, 4) is 6.07 Å². The van der Waals surface area contributed by atoms with Crippen molar-refractivity contribution < 1.29 is 5.11 Å². The number of nitrogens with one attached hydrogen (secondary N) is 1. The normalized spacial score (nSPS) is 16.8. The SMILES string of the molecule is N#Cc1ncccc1NCC(O)C1CC1. The summed E-state index contributed by atoms with van der Waals surface area (Å²) in [6.45, 7) is 0.491. The van der Waals surface area contributed by atoms with E-state index in [9.17, 15) is 5.11 Å². The third-order valence-electron chi connectivity index (χ3n) is 2.58. The van der Waals surface area contributed by atoms with Crippen LogP contribution in [0.2, 0.25) is 0 Å². The van der Waals surface area contributed by atoms with Gasteiger partial charge in [0.25, 0.3) is 0 Å². The molecule has 1 aliphatic carbocycles. The lowest BCUT2D eigenvalue weighted by Gasteiger charge is -2.11. The van der Waals surface area contributed by atoms with Crippen LogP contribution in [0.4, 0.5) is 5.69 Å². The smallest absolute Gasteiger partial charge is 0.163 e. The summed E-state index contributed by atoms with van der Waals surface area (Å²) >= 11 is 0. The van der Waals surface area contributed by atoms with Gasteiger partial charge in [0.1, 0.15) is 6.07 Å². The van der Waals surface area contributed by atoms with Crippen molar-refractivity contribution in [2.75, 3.05) is 11.9 Å². The van der Waals surface area contributed by atoms with Crippen molar-refractivity contribution in [3.05, 3.63) is 24.0 Å². The third kappa shape index (κ3) is 2.45. The van der Waals surface area contributed by atoms with Gasteiger partial charge < -0.3 is 10.4 Å². The Kier molecular flexibility index (Phi) is 2.84. The van der Waals surface area contributed by atoms with Crippen molar-refractivity contribution >= 4 is 5.69 Å². The minimum atomic E-state index is -0.309. The van der Waals surface area contributed by atoms with Crippen LogP contribution in [0, 0.1) is 17.2 Å². The summed E-state index contributed by atoms with van der Waals surface area (Å²) in [5.41, 5.74) is 1.07. The zero-order chi connectivity index (χ0) is 10.7. The number of rotatable bonds is 4. The molecule has 4 heteroatoms. The summed E-state index contributed by atoms with van der Waals surface area (Å²) in [6.07, 6.45) is 3.50. The van der Waals surface area contributed by atoms with Crippen molar-refractivity contribution in [1.29, 1.82) is 5.26 Å². The number of nitriles is 1. The Bertz CT molecular complexity index is 382. The van der Waals surface area contributed by atoms with E-state index in [4.69, 9.17) is 5.26 Å². The summed E-state index contributed by atoms with van der Waals surface area (Å²) < 4.78 is 0. The topological polar surface area (TPSA) is 68.9 Å². The maximum atomic E-state index is 9.65. The van der Waals surface area contributed by atoms with Gasteiger partial charge in [-0.15, -0.1) is 0 Å². The van der Waals surface area contributed by atoms with Gasteiger partial charge in [0.2, 0.25) is 0 Å². The second kappa shape index (κ2) is 4.28. The summed E-state index contributed by atoms with van der Waals surface area (Å²) in [5, 5.41) is 21.5. The predicted molar refractivity (Wildman–Crippen MR) is 56.2 cm³/mol. The fraction of sp³-hybridized carbons (Fsp3) is 0.455. The first-order valence-corrected chi connectivity index (χ1v) is 5.08. The molecular formula is C11H13N3O. The van der Waals surface area contributed by atoms with Gasteiger partial charge in [0.15, 0.2) is 5.69 Å². The van der Waals surface area contributed by atoms with Gasteiger partial charge >= 0.3 is 0 Å². The van der Waals surface area contributed by atoms with Gasteiger partial charge in [-0.3, -0.25) is 0 Å². The molecule has 0 bridgehead atoms. The fourth-order valence-electron chi connectivity index (χ4n) is 1.50. The number of aliphatic hydroxyl groups is 1. The molecule has 1 heterocycles. The lowest BCUT2D eigenvalue weighted by Crippen LogP contribution is -2.21. The molecule has 2 N–H and O–H groups in total. The molecule has 1 unspecified atom stereocenters. The van der Waals surface area contributed by atoms with Crippen LogP contribution >= 0.6 is 0 Å². The third-order valence-corrected chi connectivity index (χ3v) is 2.58. The molecule has 1 aliphatic rings. The van der Waals surface area contributed by atoms with E-state index in [0.717, 1.165) is 12.8 Å². The van der Waals surface area contributed by atoms with Crippen LogP contribution in [0.1, 0.15) is 18.5 Å². The summed E-state index contributed by atoms with van der Waals surface area (Å²) in [4.78, 5) is 3.93. The average Bonchev–Trinajstić information content (AvgIpc) is 3.10. The second-order valence-corrected chi connectivity index (χ2v) is 3.80. The van der Waals surface area contributed by atoms with E-state index in [1.807, 2.05) is 6.07 Å². The van der Waals surface area contributed by atoms with Crippen molar-refractivity contribution in [3.63, 3.8) is 0 Å². The van der Waals surface area contributed by atoms with Crippen LogP contribution < -0.4 is 5.32 Å². The van der Waals surface area contributed by atoms with Gasteiger partial charge in [-0.2, -0.15) is 5.26 Å². The number of anilines is 1. The Labute approximate surface area is 88.6 Å². The standard InChI is InChI=1S/C11H13N3O/c12-6-10-9(2-1-5-13-10)14-7-11(15)8-3-4-8/h1-2,5,8,11,14-15H,3-4,7H2. The molecular weight excluding hydrogens is 190 g/mol. The molecule has 0 aliphatic heterocycles. The first-order chi connectivity index (χ1) is 7.31. The van der Waals surface area contributed by atoms with Crippen LogP contribution in [0.3, 0.4) is 0 Å². The highest BCUT2D eigenvalue weighted by atomic mass is 16.3. The molecule has 0 spiro atoms. The number of aromatic nitrogens is 1. The highest BCUT2D eigenvalue weighted by Gasteiger charge is 2.29. The Morgan fingerprint density at radius 3 is 3.13 bits per heavy atom. The molecule has 1 saturated carbocycles. The molecule has 1 fully saturated rings. The van der Waals surface area contributed by atoms with E-state index in [0.29, 0.717) is 23.8 Å². The molecule has 2 rings (SSSR count). The quantitative estimate of drug-likeness (QED) is 0.769. The van der Waals surface area contributed by atoms with Crippen LogP contribution in [-0.2, 0) is 0 Å². The summed E-state index contributed by atoms with van der Waals surface area (Å²) in [6, 6.07) is 5.58. The maximum Gasteiger partial charge on any atom is 0.163 e. The van der Waals surface area contributed by atoms with Crippen LogP contribution in [0.25, 0.3) is 0 Å². The molecule has 1 aromatic rings. The van der Waals surface area contributed by atoms with Crippen molar-refractivity contribution in [1.82, 2.24) is 4.98 Å². The lowest BCUT2D eigenvalue weighted by molar-refractivity contribution is 0.164. The molecule has 1 atom stereocenters. The predicted octanol–water partition coefficient (Wildman–Crippen LogP) is 1.14. The largest absolute Gasteiger partial charge is 0.391 e. The second-order valence-electron chi connectivity index (χ2n) is 3.80. The molecule has 78 valence electrons. The van der Waals surface area contributed by atoms with Crippen LogP contribution in [0.5, 0.6) is 0 Å². The average molecular weight is 203 g/mol. The lowest BCUT2D eigenvalue weighted by atomic mass is 10.2. The van der Waals surface area contributed by atoms with Gasteiger partial charge in [-0.1, -0.05) is 0 Å². The Morgan fingerprint density at radius 2 is 2.47 bits per heavy atom. The van der Waals surface area contributed by atoms with E-state index in [1.165, 1.54) is 0 Å².